The van der Waals surface area contributed by atoms with E-state index in [1.165, 1.54) is 19.2 Å². The average molecular weight is 413 g/mol. The number of fused-ring (bicyclic) bond motifs is 1. The number of anilines is 2. The molecule has 7 nitrogen and oxygen atoms in total. The van der Waals surface area contributed by atoms with E-state index in [0.717, 1.165) is 6.07 Å². The van der Waals surface area contributed by atoms with Gasteiger partial charge in [-0.3, -0.25) is 0 Å². The van der Waals surface area contributed by atoms with Gasteiger partial charge in [0.2, 0.25) is 5.95 Å². The van der Waals surface area contributed by atoms with E-state index in [-0.39, 0.29) is 22.5 Å². The van der Waals surface area contributed by atoms with Crippen molar-refractivity contribution in [1.82, 2.24) is 9.97 Å². The number of nitrogens with one attached hydrogen (secondary N) is 2. The summed E-state index contributed by atoms with van der Waals surface area (Å²) < 4.78 is 67.9. The minimum absolute atomic E-state index is 0.00588. The maximum atomic E-state index is 13.3. The lowest BCUT2D eigenvalue weighted by atomic mass is 10.2. The molecule has 0 aliphatic heterocycles. The summed E-state index contributed by atoms with van der Waals surface area (Å²) in [7, 11) is -2.89. The number of sulfone groups is 1. The first-order valence-corrected chi connectivity index (χ1v) is 9.64. The predicted octanol–water partition coefficient (Wildman–Crippen LogP) is 3.52. The molecule has 0 fully saturated rings. The summed E-state index contributed by atoms with van der Waals surface area (Å²) in [5.74, 6) is -0.475. The molecule has 3 aromatic rings. The van der Waals surface area contributed by atoms with Crippen LogP contribution in [0.1, 0.15) is 15.9 Å². The molecule has 0 amide bonds. The van der Waals surface area contributed by atoms with Crippen molar-refractivity contribution in [3.05, 3.63) is 47.5 Å². The number of hydrogen-bond acceptors (Lipinski definition) is 6. The minimum atomic E-state index is -4.85. The number of nitrogens with zero attached hydrogens (tertiary/aromatic N) is 1. The van der Waals surface area contributed by atoms with Crippen LogP contribution in [-0.2, 0) is 20.8 Å². The highest BCUT2D eigenvalue weighted by molar-refractivity contribution is 7.90. The van der Waals surface area contributed by atoms with Crippen LogP contribution < -0.4 is 5.32 Å². The molecule has 0 saturated carbocycles. The number of alkyl halides is 3. The van der Waals surface area contributed by atoms with E-state index >= 15 is 0 Å². The van der Waals surface area contributed by atoms with Crippen molar-refractivity contribution in [3.8, 4) is 0 Å². The second kappa shape index (κ2) is 6.82. The molecule has 148 valence electrons. The molecule has 11 heteroatoms. The van der Waals surface area contributed by atoms with Gasteiger partial charge in [-0.1, -0.05) is 6.07 Å². The second-order valence-corrected chi connectivity index (χ2v) is 7.90. The van der Waals surface area contributed by atoms with Gasteiger partial charge in [-0.2, -0.15) is 13.2 Å². The standard InChI is InChI=1S/C17H14F3N3O4S/c1-27-15(24)9-4-3-5-10(6-9)21-16-22-12-7-11(17(18,19)20)14(28(2,25)26)8-13(12)23-16/h3-8H,1-2H3,(H2,21,22,23). The van der Waals surface area contributed by atoms with Gasteiger partial charge in [0.1, 0.15) is 0 Å². The maximum Gasteiger partial charge on any atom is 0.417 e. The molecule has 0 unspecified atom stereocenters. The lowest BCUT2D eigenvalue weighted by Crippen LogP contribution is -2.12. The van der Waals surface area contributed by atoms with E-state index in [2.05, 4.69) is 20.0 Å². The fourth-order valence-electron chi connectivity index (χ4n) is 2.60. The Morgan fingerprint density at radius 2 is 1.93 bits per heavy atom. The molecule has 1 aromatic heterocycles. The number of H-pyrrole nitrogens is 1. The minimum Gasteiger partial charge on any atom is -0.465 e. The lowest BCUT2D eigenvalue weighted by Gasteiger charge is -2.11. The van der Waals surface area contributed by atoms with Gasteiger partial charge in [0.15, 0.2) is 9.84 Å². The van der Waals surface area contributed by atoms with Gasteiger partial charge in [0.05, 0.1) is 34.2 Å². The molecule has 1 heterocycles. The smallest absolute Gasteiger partial charge is 0.417 e. The van der Waals surface area contributed by atoms with Gasteiger partial charge < -0.3 is 15.0 Å². The fraction of sp³-hybridized carbons (Fsp3) is 0.176. The summed E-state index contributed by atoms with van der Waals surface area (Å²) in [6.45, 7) is 0. The molecule has 3 rings (SSSR count). The summed E-state index contributed by atoms with van der Waals surface area (Å²) >= 11 is 0. The van der Waals surface area contributed by atoms with Crippen molar-refractivity contribution in [2.45, 2.75) is 11.1 Å². The highest BCUT2D eigenvalue weighted by Crippen LogP contribution is 2.36. The third-order valence-corrected chi connectivity index (χ3v) is 4.97. The Kier molecular flexibility index (Phi) is 4.79. The summed E-state index contributed by atoms with van der Waals surface area (Å²) in [5.41, 5.74) is -0.527. The van der Waals surface area contributed by atoms with Crippen molar-refractivity contribution in [1.29, 1.82) is 0 Å². The number of ether oxygens (including phenoxy) is 1. The van der Waals surface area contributed by atoms with Gasteiger partial charge in [-0.05, 0) is 30.3 Å². The molecule has 0 radical (unpaired) electrons. The lowest BCUT2D eigenvalue weighted by molar-refractivity contribution is -0.139. The van der Waals surface area contributed by atoms with Crippen molar-refractivity contribution >= 4 is 38.5 Å². The average Bonchev–Trinajstić information content (AvgIpc) is 3.00. The number of aromatic nitrogens is 2. The Balaban J connectivity index is 2.05. The Labute approximate surface area is 157 Å². The van der Waals surface area contributed by atoms with E-state index in [4.69, 9.17) is 0 Å². The molecule has 0 aliphatic carbocycles. The topological polar surface area (TPSA) is 101 Å². The highest BCUT2D eigenvalue weighted by Gasteiger charge is 2.37. The van der Waals surface area contributed by atoms with Crippen molar-refractivity contribution in [2.24, 2.45) is 0 Å². The largest absolute Gasteiger partial charge is 0.465 e. The van der Waals surface area contributed by atoms with Gasteiger partial charge in [-0.25, -0.2) is 18.2 Å². The number of halogens is 3. The molecular formula is C17H14F3N3O4S. The van der Waals surface area contributed by atoms with Crippen LogP contribution in [0.4, 0.5) is 24.8 Å². The quantitative estimate of drug-likeness (QED) is 0.635. The molecule has 0 aliphatic rings. The Morgan fingerprint density at radius 3 is 2.54 bits per heavy atom. The zero-order valence-corrected chi connectivity index (χ0v) is 15.4. The third kappa shape index (κ3) is 3.93. The van der Waals surface area contributed by atoms with Crippen LogP contribution in [-0.4, -0.2) is 37.7 Å². The normalized spacial score (nSPS) is 12.2. The Hall–Kier alpha value is -3.08. The number of benzene rings is 2. The van der Waals surface area contributed by atoms with Gasteiger partial charge in [0.25, 0.3) is 0 Å². The molecule has 0 atom stereocenters. The van der Waals surface area contributed by atoms with Crippen LogP contribution in [0.2, 0.25) is 0 Å². The number of carbonyl (C=O) groups is 1. The van der Waals surface area contributed by atoms with Crippen LogP contribution in [0, 0.1) is 0 Å². The van der Waals surface area contributed by atoms with Crippen LogP contribution in [0.25, 0.3) is 11.0 Å². The Bertz CT molecular complexity index is 1170. The molecule has 0 saturated heterocycles. The summed E-state index contributed by atoms with van der Waals surface area (Å²) in [6, 6.07) is 7.78. The maximum absolute atomic E-state index is 13.3. The number of hydrogen-bond donors (Lipinski definition) is 2. The molecule has 0 spiro atoms. The van der Waals surface area contributed by atoms with E-state index in [1.807, 2.05) is 0 Å². The van der Waals surface area contributed by atoms with Gasteiger partial charge >= 0.3 is 12.1 Å². The Morgan fingerprint density at radius 1 is 1.21 bits per heavy atom. The second-order valence-electron chi connectivity index (χ2n) is 5.92. The fourth-order valence-corrected chi connectivity index (χ4v) is 3.50. The van der Waals surface area contributed by atoms with Crippen LogP contribution >= 0.6 is 0 Å². The number of rotatable bonds is 4. The van der Waals surface area contributed by atoms with Crippen molar-refractivity contribution in [3.63, 3.8) is 0 Å². The first-order chi connectivity index (χ1) is 13.0. The molecular weight excluding hydrogens is 399 g/mol. The summed E-state index contributed by atoms with van der Waals surface area (Å²) in [6.07, 6.45) is -4.15. The van der Waals surface area contributed by atoms with Gasteiger partial charge in [-0.15, -0.1) is 0 Å². The highest BCUT2D eigenvalue weighted by atomic mass is 32.2. The van der Waals surface area contributed by atoms with E-state index in [0.29, 0.717) is 18.0 Å². The third-order valence-electron chi connectivity index (χ3n) is 3.83. The SMILES string of the molecule is COC(=O)c1cccc(Nc2nc3cc(S(C)(=O)=O)c(C(F)(F)F)cc3[nH]2)c1. The van der Waals surface area contributed by atoms with Gasteiger partial charge in [0, 0.05) is 11.9 Å². The van der Waals surface area contributed by atoms with E-state index in [1.54, 1.807) is 12.1 Å². The first kappa shape index (κ1) is 19.7. The van der Waals surface area contributed by atoms with E-state index in [9.17, 15) is 26.4 Å². The van der Waals surface area contributed by atoms with Crippen LogP contribution in [0.5, 0.6) is 0 Å². The summed E-state index contributed by atoms with van der Waals surface area (Å²) in [4.78, 5) is 17.5. The number of imidazole rings is 1. The molecule has 2 aromatic carbocycles. The number of carbonyl (C=O) groups excluding carboxylic acids is 1. The summed E-state index contributed by atoms with van der Waals surface area (Å²) in [5, 5.41) is 2.82. The zero-order chi connectivity index (χ0) is 20.7. The predicted molar refractivity (Wildman–Crippen MR) is 95.3 cm³/mol. The number of esters is 1. The number of methoxy groups -OCH3 is 1. The van der Waals surface area contributed by atoms with Crippen molar-refractivity contribution in [2.75, 3.05) is 18.7 Å². The molecule has 0 bridgehead atoms. The van der Waals surface area contributed by atoms with Crippen LogP contribution in [0.15, 0.2) is 41.3 Å². The zero-order valence-electron chi connectivity index (χ0n) is 14.6. The van der Waals surface area contributed by atoms with Crippen LogP contribution in [0.3, 0.4) is 0 Å². The molecule has 2 N–H and O–H groups in total. The first-order valence-electron chi connectivity index (χ1n) is 7.75. The number of aromatic amines is 1. The van der Waals surface area contributed by atoms with Crippen molar-refractivity contribution < 1.29 is 31.1 Å². The molecule has 28 heavy (non-hydrogen) atoms. The van der Waals surface area contributed by atoms with E-state index < -0.39 is 32.4 Å². The monoisotopic (exact) mass is 413 g/mol.